The van der Waals surface area contributed by atoms with Gasteiger partial charge in [-0.25, -0.2) is 4.98 Å². The molecule has 3 N–H and O–H groups in total. The van der Waals surface area contributed by atoms with Crippen LogP contribution in [0.1, 0.15) is 5.69 Å². The number of nitrogens with zero attached hydrogens (tertiary/aromatic N) is 2. The molecule has 0 aliphatic heterocycles. The van der Waals surface area contributed by atoms with Gasteiger partial charge in [-0.05, 0) is 30.3 Å². The van der Waals surface area contributed by atoms with Gasteiger partial charge in [-0.15, -0.1) is 0 Å². The maximum Gasteiger partial charge on any atom is 0.136 e. The highest BCUT2D eigenvalue weighted by Gasteiger charge is 2.10. The van der Waals surface area contributed by atoms with E-state index in [1.165, 1.54) is 0 Å². The Morgan fingerprint density at radius 2 is 2.00 bits per heavy atom. The average molecular weight is 280 g/mol. The van der Waals surface area contributed by atoms with E-state index in [0.717, 1.165) is 28.0 Å². The molecule has 0 unspecified atom stereocenters. The maximum atomic E-state index is 6.10. The number of pyridine rings is 2. The molecular formula is C16H16N4O. The van der Waals surface area contributed by atoms with Crippen molar-refractivity contribution >= 4 is 22.3 Å². The lowest BCUT2D eigenvalue weighted by Crippen LogP contribution is -2.04. The number of fused-ring (bicyclic) bond motifs is 1. The highest BCUT2D eigenvalue weighted by molar-refractivity contribution is 6.03. The normalized spacial score (nSPS) is 10.5. The lowest BCUT2D eigenvalue weighted by atomic mass is 10.1. The molecule has 5 heteroatoms. The Labute approximate surface area is 122 Å². The van der Waals surface area contributed by atoms with Crippen LogP contribution in [0.25, 0.3) is 10.8 Å². The molecule has 0 saturated carbocycles. The third-order valence-electron chi connectivity index (χ3n) is 3.30. The van der Waals surface area contributed by atoms with Crippen LogP contribution in [0.3, 0.4) is 0 Å². The van der Waals surface area contributed by atoms with Crippen molar-refractivity contribution < 1.29 is 4.74 Å². The zero-order chi connectivity index (χ0) is 14.7. The third-order valence-corrected chi connectivity index (χ3v) is 3.30. The Hall–Kier alpha value is -2.82. The molecule has 0 radical (unpaired) electrons. The molecule has 2 aromatic heterocycles. The predicted octanol–water partition coefficient (Wildman–Crippen LogP) is 2.83. The number of anilines is 2. The number of methoxy groups -OCH3 is 1. The summed E-state index contributed by atoms with van der Waals surface area (Å²) in [5.41, 5.74) is 7.71. The first kappa shape index (κ1) is 13.2. The first-order valence-electron chi connectivity index (χ1n) is 6.64. The van der Waals surface area contributed by atoms with Crippen LogP contribution in [0.4, 0.5) is 11.5 Å². The van der Waals surface area contributed by atoms with E-state index >= 15 is 0 Å². The molecule has 0 atom stereocenters. The van der Waals surface area contributed by atoms with Crippen molar-refractivity contribution in [1.82, 2.24) is 9.97 Å². The summed E-state index contributed by atoms with van der Waals surface area (Å²) >= 11 is 0. The molecule has 0 amide bonds. The van der Waals surface area contributed by atoms with E-state index in [4.69, 9.17) is 10.5 Å². The molecule has 3 aromatic rings. The molecule has 3 rings (SSSR count). The maximum absolute atomic E-state index is 6.10. The van der Waals surface area contributed by atoms with E-state index in [2.05, 4.69) is 15.3 Å². The van der Waals surface area contributed by atoms with Crippen molar-refractivity contribution in [2.45, 2.75) is 6.54 Å². The van der Waals surface area contributed by atoms with Gasteiger partial charge < -0.3 is 15.8 Å². The number of nitrogens with one attached hydrogen (secondary N) is 1. The number of ether oxygens (including phenoxy) is 1. The molecule has 0 aliphatic rings. The Morgan fingerprint density at radius 1 is 1.10 bits per heavy atom. The van der Waals surface area contributed by atoms with Crippen LogP contribution in [0.5, 0.6) is 5.75 Å². The fourth-order valence-electron chi connectivity index (χ4n) is 2.29. The van der Waals surface area contributed by atoms with Gasteiger partial charge in [-0.1, -0.05) is 6.07 Å². The molecule has 0 fully saturated rings. The summed E-state index contributed by atoms with van der Waals surface area (Å²) in [5.74, 6) is 1.51. The highest BCUT2D eigenvalue weighted by atomic mass is 16.5. The first-order valence-corrected chi connectivity index (χ1v) is 6.64. The number of benzene rings is 1. The molecular weight excluding hydrogens is 264 g/mol. The number of nitrogen functional groups attached to an aromatic ring is 1. The standard InChI is InChI=1S/C16H16N4O/c1-21-14-6-5-13(17)15-12(14)7-9-19-16(15)20-10-11-4-2-3-8-18-11/h2-9H,10,17H2,1H3,(H,19,20). The predicted molar refractivity (Wildman–Crippen MR) is 84.3 cm³/mol. The molecule has 106 valence electrons. The van der Waals surface area contributed by atoms with E-state index in [1.807, 2.05) is 36.4 Å². The zero-order valence-electron chi connectivity index (χ0n) is 11.7. The Balaban J connectivity index is 1.99. The number of hydrogen-bond donors (Lipinski definition) is 2. The summed E-state index contributed by atoms with van der Waals surface area (Å²) in [4.78, 5) is 8.67. The van der Waals surface area contributed by atoms with Gasteiger partial charge in [-0.2, -0.15) is 0 Å². The van der Waals surface area contributed by atoms with E-state index in [1.54, 1.807) is 19.5 Å². The quantitative estimate of drug-likeness (QED) is 0.719. The molecule has 0 aliphatic carbocycles. The van der Waals surface area contributed by atoms with Crippen LogP contribution >= 0.6 is 0 Å². The van der Waals surface area contributed by atoms with E-state index in [9.17, 15) is 0 Å². The SMILES string of the molecule is COc1ccc(N)c2c(NCc3ccccn3)nccc12. The summed E-state index contributed by atoms with van der Waals surface area (Å²) in [6.45, 7) is 0.587. The van der Waals surface area contributed by atoms with Gasteiger partial charge in [-0.3, -0.25) is 4.98 Å². The van der Waals surface area contributed by atoms with Crippen LogP contribution in [0.15, 0.2) is 48.8 Å². The summed E-state index contributed by atoms with van der Waals surface area (Å²) in [6.07, 6.45) is 3.51. The largest absolute Gasteiger partial charge is 0.496 e. The van der Waals surface area contributed by atoms with Gasteiger partial charge in [0.15, 0.2) is 0 Å². The van der Waals surface area contributed by atoms with Crippen molar-refractivity contribution in [3.8, 4) is 5.75 Å². The Kier molecular flexibility index (Phi) is 3.55. The molecule has 0 spiro atoms. The minimum atomic E-state index is 0.587. The van der Waals surface area contributed by atoms with Crippen molar-refractivity contribution in [3.05, 3.63) is 54.5 Å². The molecule has 0 saturated heterocycles. The lowest BCUT2D eigenvalue weighted by molar-refractivity contribution is 0.420. The molecule has 2 heterocycles. The summed E-state index contributed by atoms with van der Waals surface area (Å²) in [7, 11) is 1.65. The average Bonchev–Trinajstić information content (AvgIpc) is 2.54. The fraction of sp³-hybridized carbons (Fsp3) is 0.125. The van der Waals surface area contributed by atoms with Gasteiger partial charge in [0.05, 0.1) is 24.7 Å². The minimum Gasteiger partial charge on any atom is -0.496 e. The number of aromatic nitrogens is 2. The number of rotatable bonds is 4. The van der Waals surface area contributed by atoms with E-state index in [0.29, 0.717) is 12.2 Å². The summed E-state index contributed by atoms with van der Waals surface area (Å²) in [6, 6.07) is 11.4. The topological polar surface area (TPSA) is 73.1 Å². The van der Waals surface area contributed by atoms with Crippen molar-refractivity contribution in [1.29, 1.82) is 0 Å². The van der Waals surface area contributed by atoms with Gasteiger partial charge in [0, 0.05) is 23.5 Å². The molecule has 21 heavy (non-hydrogen) atoms. The number of nitrogens with two attached hydrogens (primary N) is 1. The van der Waals surface area contributed by atoms with Crippen molar-refractivity contribution in [2.75, 3.05) is 18.2 Å². The van der Waals surface area contributed by atoms with Crippen LogP contribution < -0.4 is 15.8 Å². The second kappa shape index (κ2) is 5.66. The molecule has 5 nitrogen and oxygen atoms in total. The van der Waals surface area contributed by atoms with Gasteiger partial charge in [0.1, 0.15) is 11.6 Å². The fourth-order valence-corrected chi connectivity index (χ4v) is 2.29. The van der Waals surface area contributed by atoms with E-state index < -0.39 is 0 Å². The molecule has 1 aromatic carbocycles. The van der Waals surface area contributed by atoms with Crippen LogP contribution in [-0.2, 0) is 6.54 Å². The van der Waals surface area contributed by atoms with E-state index in [-0.39, 0.29) is 0 Å². The Bertz CT molecular complexity index is 759. The third kappa shape index (κ3) is 2.58. The monoisotopic (exact) mass is 280 g/mol. The lowest BCUT2D eigenvalue weighted by Gasteiger charge is -2.12. The Morgan fingerprint density at radius 3 is 2.76 bits per heavy atom. The van der Waals surface area contributed by atoms with Gasteiger partial charge >= 0.3 is 0 Å². The highest BCUT2D eigenvalue weighted by Crippen LogP contribution is 2.33. The minimum absolute atomic E-state index is 0.587. The number of hydrogen-bond acceptors (Lipinski definition) is 5. The van der Waals surface area contributed by atoms with Gasteiger partial charge in [0.25, 0.3) is 0 Å². The van der Waals surface area contributed by atoms with Crippen LogP contribution in [0.2, 0.25) is 0 Å². The first-order chi connectivity index (χ1) is 10.3. The summed E-state index contributed by atoms with van der Waals surface area (Å²) in [5, 5.41) is 5.10. The summed E-state index contributed by atoms with van der Waals surface area (Å²) < 4.78 is 5.38. The zero-order valence-corrected chi connectivity index (χ0v) is 11.7. The van der Waals surface area contributed by atoms with Gasteiger partial charge in [0.2, 0.25) is 0 Å². The second-order valence-electron chi connectivity index (χ2n) is 4.61. The van der Waals surface area contributed by atoms with Crippen LogP contribution in [-0.4, -0.2) is 17.1 Å². The van der Waals surface area contributed by atoms with Crippen molar-refractivity contribution in [3.63, 3.8) is 0 Å². The smallest absolute Gasteiger partial charge is 0.136 e. The molecule has 0 bridgehead atoms. The van der Waals surface area contributed by atoms with Crippen molar-refractivity contribution in [2.24, 2.45) is 0 Å². The second-order valence-corrected chi connectivity index (χ2v) is 4.61. The van der Waals surface area contributed by atoms with Crippen LogP contribution in [0, 0.1) is 0 Å².